The van der Waals surface area contributed by atoms with Crippen LogP contribution in [0.5, 0.6) is 11.9 Å². The Morgan fingerprint density at radius 3 is 2.65 bits per heavy atom. The van der Waals surface area contributed by atoms with Gasteiger partial charge < -0.3 is 23.7 Å². The smallest absolute Gasteiger partial charge is 0.319 e. The molecule has 4 aromatic rings. The van der Waals surface area contributed by atoms with Gasteiger partial charge in [0.05, 0.1) is 23.8 Å². The second kappa shape index (κ2) is 14.9. The standard InChI is InChI=1S/C35H45F3N9O2P3/c1-19-14-23(44(4)51-5)26(37)24(20(19)2)29-27(38)30-25-31(43-34(42-30)49-17-35-8-7-11-45(35)16-22(36)15-35)46(12-13-48-33(25)41-29)21(3)28-32(40-10-9-39-28)47(18-50)52-6/h9-10,14,21-22,51-52H,7-8,11-13,15-18,50H2,1-6H3/t21-,22-,35+/m1/s1. The molecule has 7 rings (SSSR count). The molecule has 0 aliphatic carbocycles. The van der Waals surface area contributed by atoms with Gasteiger partial charge in [-0.15, -0.1) is 9.24 Å². The summed E-state index contributed by atoms with van der Waals surface area (Å²) in [5.74, 6) is -0.180. The molecule has 3 unspecified atom stereocenters. The lowest BCUT2D eigenvalue weighted by atomic mass is 9.95. The van der Waals surface area contributed by atoms with Crippen molar-refractivity contribution in [1.82, 2.24) is 29.8 Å². The number of alkyl halides is 1. The number of halogens is 3. The third kappa shape index (κ3) is 6.41. The van der Waals surface area contributed by atoms with Gasteiger partial charge in [0.25, 0.3) is 0 Å². The Morgan fingerprint density at radius 2 is 1.90 bits per heavy atom. The number of hydrogen-bond acceptors (Lipinski definition) is 11. The molecule has 1 aromatic carbocycles. The second-order valence-electron chi connectivity index (χ2n) is 13.6. The Morgan fingerprint density at radius 1 is 1.12 bits per heavy atom. The van der Waals surface area contributed by atoms with Crippen molar-refractivity contribution in [2.75, 3.05) is 73.8 Å². The van der Waals surface area contributed by atoms with Crippen molar-refractivity contribution in [1.29, 1.82) is 0 Å². The van der Waals surface area contributed by atoms with Gasteiger partial charge in [-0.25, -0.2) is 23.1 Å². The Bertz CT molecular complexity index is 1990. The van der Waals surface area contributed by atoms with Crippen molar-refractivity contribution in [3.63, 3.8) is 0 Å². The van der Waals surface area contributed by atoms with Crippen LogP contribution in [-0.4, -0.2) is 101 Å². The topological polar surface area (TPSA) is 95.9 Å². The molecule has 17 heteroatoms. The summed E-state index contributed by atoms with van der Waals surface area (Å²) in [6, 6.07) is 1.33. The molecule has 0 bridgehead atoms. The summed E-state index contributed by atoms with van der Waals surface area (Å²) >= 11 is 0. The SMILES string of the molecule is CPN(C)c1cc(C)c(C)c(-c2nc3c4c(nc(OC[C@@]56CCCN5C[C@H](F)C6)nc4c2F)N([C@H](C)c2nccnc2N(CP)PC)CCO3)c1F. The minimum Gasteiger partial charge on any atom is -0.475 e. The predicted octanol–water partition coefficient (Wildman–Crippen LogP) is 6.81. The lowest BCUT2D eigenvalue weighted by Crippen LogP contribution is -2.43. The van der Waals surface area contributed by atoms with Crippen LogP contribution in [0.15, 0.2) is 18.5 Å². The van der Waals surface area contributed by atoms with Crippen LogP contribution in [0.1, 0.15) is 49.0 Å². The van der Waals surface area contributed by atoms with Crippen molar-refractivity contribution in [2.24, 2.45) is 0 Å². The first-order valence-electron chi connectivity index (χ1n) is 17.5. The van der Waals surface area contributed by atoms with Crippen LogP contribution in [0.3, 0.4) is 0 Å². The summed E-state index contributed by atoms with van der Waals surface area (Å²) in [7, 11) is 5.28. The minimum atomic E-state index is -0.941. The van der Waals surface area contributed by atoms with Crippen LogP contribution in [0.4, 0.5) is 30.5 Å². The Labute approximate surface area is 308 Å². The highest BCUT2D eigenvalue weighted by atomic mass is 31.1. The normalized spacial score (nSPS) is 21.0. The molecule has 6 atom stereocenters. The zero-order valence-electron chi connectivity index (χ0n) is 30.3. The van der Waals surface area contributed by atoms with Crippen molar-refractivity contribution in [2.45, 2.75) is 57.8 Å². The quantitative estimate of drug-likeness (QED) is 0.151. The van der Waals surface area contributed by atoms with Crippen molar-refractivity contribution in [3.8, 4) is 23.1 Å². The Balaban J connectivity index is 1.42. The number of pyridine rings is 1. The number of aryl methyl sites for hydroxylation is 1. The van der Waals surface area contributed by atoms with E-state index >= 15 is 8.78 Å². The highest BCUT2D eigenvalue weighted by Gasteiger charge is 2.49. The van der Waals surface area contributed by atoms with Crippen molar-refractivity contribution >= 4 is 54.9 Å². The van der Waals surface area contributed by atoms with E-state index in [9.17, 15) is 4.39 Å². The summed E-state index contributed by atoms with van der Waals surface area (Å²) in [5.41, 5.74) is 1.72. The van der Waals surface area contributed by atoms with Crippen LogP contribution in [0.25, 0.3) is 22.2 Å². The van der Waals surface area contributed by atoms with E-state index < -0.39 is 29.4 Å². The number of rotatable bonds is 11. The van der Waals surface area contributed by atoms with E-state index in [-0.39, 0.29) is 56.0 Å². The molecule has 3 aliphatic heterocycles. The first kappa shape index (κ1) is 37.2. The van der Waals surface area contributed by atoms with E-state index in [4.69, 9.17) is 24.4 Å². The molecule has 278 valence electrons. The Kier molecular flexibility index (Phi) is 10.7. The molecule has 0 radical (unpaired) electrons. The van der Waals surface area contributed by atoms with Gasteiger partial charge in [0, 0.05) is 44.3 Å². The average molecular weight is 774 g/mol. The molecule has 0 N–H and O–H groups in total. The van der Waals surface area contributed by atoms with Gasteiger partial charge in [-0.05, 0) is 88.1 Å². The molecule has 2 saturated heterocycles. The van der Waals surface area contributed by atoms with Crippen LogP contribution in [-0.2, 0) is 0 Å². The van der Waals surface area contributed by atoms with E-state index in [2.05, 4.69) is 35.4 Å². The average Bonchev–Trinajstić information content (AvgIpc) is 3.60. The number of nitrogens with zero attached hydrogens (tertiary/aromatic N) is 9. The molecule has 11 nitrogen and oxygen atoms in total. The molecule has 0 saturated carbocycles. The first-order chi connectivity index (χ1) is 25.0. The van der Waals surface area contributed by atoms with Gasteiger partial charge >= 0.3 is 6.01 Å². The fourth-order valence-corrected chi connectivity index (χ4v) is 9.50. The molecule has 52 heavy (non-hydrogen) atoms. The highest BCUT2D eigenvalue weighted by Crippen LogP contribution is 2.46. The number of ether oxygens (including phenoxy) is 2. The van der Waals surface area contributed by atoms with Gasteiger partial charge in [-0.3, -0.25) is 9.88 Å². The summed E-state index contributed by atoms with van der Waals surface area (Å²) in [4.78, 5) is 27.8. The molecular formula is C35H45F3N9O2P3. The van der Waals surface area contributed by atoms with Gasteiger partial charge in [0.2, 0.25) is 5.88 Å². The minimum absolute atomic E-state index is 0.0535. The number of aromatic nitrogens is 5. The van der Waals surface area contributed by atoms with Crippen molar-refractivity contribution in [3.05, 3.63) is 46.9 Å². The molecule has 0 spiro atoms. The third-order valence-corrected chi connectivity index (χ3v) is 13.3. The number of hydrogen-bond donors (Lipinski definition) is 0. The van der Waals surface area contributed by atoms with Gasteiger partial charge in [-0.1, -0.05) is 0 Å². The Hall–Kier alpha value is -3.17. The largest absolute Gasteiger partial charge is 0.475 e. The summed E-state index contributed by atoms with van der Waals surface area (Å²) < 4.78 is 65.0. The summed E-state index contributed by atoms with van der Waals surface area (Å²) in [6.45, 7) is 11.5. The molecular weight excluding hydrogens is 728 g/mol. The molecule has 3 aromatic heterocycles. The fraction of sp³-hybridized carbons (Fsp3) is 0.514. The first-order valence-corrected chi connectivity index (χ1v) is 21.2. The van der Waals surface area contributed by atoms with Crippen LogP contribution >= 0.6 is 26.7 Å². The predicted molar refractivity (Wildman–Crippen MR) is 208 cm³/mol. The van der Waals surface area contributed by atoms with Crippen LogP contribution in [0, 0.1) is 25.5 Å². The maximum atomic E-state index is 17.3. The number of fused-ring (bicyclic) bond motifs is 1. The van der Waals surface area contributed by atoms with Crippen LogP contribution in [0.2, 0.25) is 0 Å². The fourth-order valence-electron chi connectivity index (χ4n) is 7.81. The lowest BCUT2D eigenvalue weighted by molar-refractivity contribution is 0.107. The van der Waals surface area contributed by atoms with E-state index in [0.29, 0.717) is 57.3 Å². The molecule has 6 heterocycles. The van der Waals surface area contributed by atoms with E-state index in [0.717, 1.165) is 30.8 Å². The maximum absolute atomic E-state index is 17.3. The second-order valence-corrected chi connectivity index (χ2v) is 16.1. The van der Waals surface area contributed by atoms with Crippen LogP contribution < -0.4 is 23.7 Å². The molecule has 3 aliphatic rings. The lowest BCUT2D eigenvalue weighted by Gasteiger charge is -2.32. The number of anilines is 3. The van der Waals surface area contributed by atoms with Gasteiger partial charge in [0.15, 0.2) is 17.5 Å². The zero-order chi connectivity index (χ0) is 36.9. The van der Waals surface area contributed by atoms with E-state index in [1.807, 2.05) is 25.4 Å². The monoisotopic (exact) mass is 773 g/mol. The van der Waals surface area contributed by atoms with E-state index in [1.165, 1.54) is 0 Å². The zero-order valence-corrected chi connectivity index (χ0v) is 33.5. The summed E-state index contributed by atoms with van der Waals surface area (Å²) in [6.07, 6.45) is 5.14. The molecule has 0 amide bonds. The highest BCUT2D eigenvalue weighted by molar-refractivity contribution is 7.40. The van der Waals surface area contributed by atoms with E-state index in [1.54, 1.807) is 37.1 Å². The third-order valence-electron chi connectivity index (χ3n) is 10.8. The van der Waals surface area contributed by atoms with Gasteiger partial charge in [-0.2, -0.15) is 9.97 Å². The van der Waals surface area contributed by atoms with Gasteiger partial charge in [0.1, 0.15) is 47.5 Å². The van der Waals surface area contributed by atoms with Crippen molar-refractivity contribution < 1.29 is 22.6 Å². The molecule has 2 fully saturated rings. The maximum Gasteiger partial charge on any atom is 0.319 e. The number of benzene rings is 1. The summed E-state index contributed by atoms with van der Waals surface area (Å²) in [5, 5.41) is 0.257.